The maximum absolute atomic E-state index is 13.1. The van der Waals surface area contributed by atoms with Gasteiger partial charge in [-0.3, -0.25) is 14.2 Å². The summed E-state index contributed by atoms with van der Waals surface area (Å²) in [6.07, 6.45) is 3.29. The molecule has 0 aliphatic carbocycles. The molecule has 3 rings (SSSR count). The normalized spacial score (nSPS) is 17.6. The fourth-order valence-corrected chi connectivity index (χ4v) is 3.25. The van der Waals surface area contributed by atoms with E-state index >= 15 is 0 Å². The molecule has 1 atom stereocenters. The van der Waals surface area contributed by atoms with E-state index < -0.39 is 5.56 Å². The van der Waals surface area contributed by atoms with Crippen molar-refractivity contribution in [3.63, 3.8) is 0 Å². The van der Waals surface area contributed by atoms with Crippen LogP contribution in [0.3, 0.4) is 0 Å². The van der Waals surface area contributed by atoms with Gasteiger partial charge in [-0.1, -0.05) is 0 Å². The number of rotatable bonds is 3. The Morgan fingerprint density at radius 2 is 2.00 bits per heavy atom. The first-order chi connectivity index (χ1) is 12.0. The molecule has 0 bridgehead atoms. The Morgan fingerprint density at radius 1 is 1.28 bits per heavy atom. The molecular formula is C19H21FN2O3. The predicted molar refractivity (Wildman–Crippen MR) is 92.4 cm³/mol. The number of amides is 1. The van der Waals surface area contributed by atoms with Crippen LogP contribution >= 0.6 is 0 Å². The van der Waals surface area contributed by atoms with Crippen molar-refractivity contribution in [2.45, 2.75) is 19.8 Å². The van der Waals surface area contributed by atoms with Crippen molar-refractivity contribution < 1.29 is 14.3 Å². The summed E-state index contributed by atoms with van der Waals surface area (Å²) in [5.41, 5.74) is 0.833. The van der Waals surface area contributed by atoms with Gasteiger partial charge in [0.05, 0.1) is 0 Å². The molecule has 1 aromatic carbocycles. The number of pyridine rings is 1. The van der Waals surface area contributed by atoms with Gasteiger partial charge in [-0.15, -0.1) is 0 Å². The number of nitrogens with zero attached hydrogens (tertiary/aromatic N) is 2. The van der Waals surface area contributed by atoms with Gasteiger partial charge < -0.3 is 10.0 Å². The lowest BCUT2D eigenvalue weighted by atomic mass is 9.98. The molecule has 1 N–H and O–H groups in total. The molecule has 1 aliphatic heterocycles. The number of aliphatic hydroxyl groups is 1. The smallest absolute Gasteiger partial charge is 0.268 e. The Kier molecular flexibility index (Phi) is 4.99. The second-order valence-corrected chi connectivity index (χ2v) is 6.47. The molecule has 5 nitrogen and oxygen atoms in total. The molecule has 0 spiro atoms. The lowest BCUT2D eigenvalue weighted by Gasteiger charge is -2.32. The van der Waals surface area contributed by atoms with Gasteiger partial charge in [0.25, 0.3) is 11.5 Å². The van der Waals surface area contributed by atoms with Crippen LogP contribution in [-0.2, 0) is 0 Å². The average Bonchev–Trinajstić information content (AvgIpc) is 2.63. The monoisotopic (exact) mass is 344 g/mol. The summed E-state index contributed by atoms with van der Waals surface area (Å²) in [6.45, 7) is 2.81. The number of halogens is 1. The number of benzene rings is 1. The molecule has 25 heavy (non-hydrogen) atoms. The zero-order chi connectivity index (χ0) is 18.0. The molecule has 1 aliphatic rings. The maximum atomic E-state index is 13.1. The third-order valence-corrected chi connectivity index (χ3v) is 4.68. The first-order valence-corrected chi connectivity index (χ1v) is 8.39. The second-order valence-electron chi connectivity index (χ2n) is 6.47. The van der Waals surface area contributed by atoms with E-state index in [-0.39, 0.29) is 29.8 Å². The van der Waals surface area contributed by atoms with Crippen molar-refractivity contribution in [2.75, 3.05) is 19.7 Å². The van der Waals surface area contributed by atoms with Gasteiger partial charge in [0.1, 0.15) is 11.4 Å². The number of hydrogen-bond donors (Lipinski definition) is 1. The summed E-state index contributed by atoms with van der Waals surface area (Å²) < 4.78 is 14.5. The first-order valence-electron chi connectivity index (χ1n) is 8.39. The molecular weight excluding hydrogens is 323 g/mol. The summed E-state index contributed by atoms with van der Waals surface area (Å²) in [5, 5.41) is 9.35. The van der Waals surface area contributed by atoms with Crippen LogP contribution in [0.15, 0.2) is 41.3 Å². The Bertz CT molecular complexity index is 830. The number of aryl methyl sites for hydroxylation is 1. The number of aliphatic hydroxyl groups excluding tert-OH is 1. The fraction of sp³-hybridized carbons (Fsp3) is 0.368. The van der Waals surface area contributed by atoms with E-state index in [4.69, 9.17) is 0 Å². The Hall–Kier alpha value is -2.47. The van der Waals surface area contributed by atoms with Crippen molar-refractivity contribution in [3.8, 4) is 5.69 Å². The summed E-state index contributed by atoms with van der Waals surface area (Å²) in [7, 11) is 0. The van der Waals surface area contributed by atoms with Crippen molar-refractivity contribution in [1.82, 2.24) is 9.47 Å². The summed E-state index contributed by atoms with van der Waals surface area (Å²) in [5.74, 6) is -0.637. The van der Waals surface area contributed by atoms with Crippen LogP contribution in [0.2, 0.25) is 0 Å². The van der Waals surface area contributed by atoms with E-state index in [1.807, 2.05) is 0 Å². The third-order valence-electron chi connectivity index (χ3n) is 4.68. The maximum Gasteiger partial charge on any atom is 0.268 e. The molecule has 1 amide bonds. The zero-order valence-electron chi connectivity index (χ0n) is 14.1. The zero-order valence-corrected chi connectivity index (χ0v) is 14.1. The van der Waals surface area contributed by atoms with E-state index in [2.05, 4.69) is 0 Å². The van der Waals surface area contributed by atoms with Gasteiger partial charge in [0.15, 0.2) is 0 Å². The molecule has 1 fully saturated rings. The fourth-order valence-electron chi connectivity index (χ4n) is 3.25. The van der Waals surface area contributed by atoms with Crippen LogP contribution in [0.25, 0.3) is 5.69 Å². The van der Waals surface area contributed by atoms with Crippen molar-refractivity contribution in [2.24, 2.45) is 5.92 Å². The minimum Gasteiger partial charge on any atom is -0.396 e. The minimum atomic E-state index is -0.414. The van der Waals surface area contributed by atoms with Crippen LogP contribution in [-0.4, -0.2) is 40.2 Å². The van der Waals surface area contributed by atoms with Crippen molar-refractivity contribution in [3.05, 3.63) is 63.8 Å². The molecule has 2 heterocycles. The van der Waals surface area contributed by atoms with Crippen LogP contribution in [0.1, 0.15) is 28.8 Å². The topological polar surface area (TPSA) is 62.5 Å². The number of hydrogen-bond acceptors (Lipinski definition) is 3. The quantitative estimate of drug-likeness (QED) is 0.928. The molecule has 132 valence electrons. The van der Waals surface area contributed by atoms with Crippen molar-refractivity contribution >= 4 is 5.91 Å². The highest BCUT2D eigenvalue weighted by Gasteiger charge is 2.27. The van der Waals surface area contributed by atoms with Gasteiger partial charge in [-0.25, -0.2) is 4.39 Å². The lowest BCUT2D eigenvalue weighted by Crippen LogP contribution is -2.43. The van der Waals surface area contributed by atoms with E-state index in [0.29, 0.717) is 24.3 Å². The molecule has 0 radical (unpaired) electrons. The highest BCUT2D eigenvalue weighted by Crippen LogP contribution is 2.19. The van der Waals surface area contributed by atoms with Gasteiger partial charge >= 0.3 is 0 Å². The van der Waals surface area contributed by atoms with Crippen LogP contribution in [0.5, 0.6) is 0 Å². The molecule has 1 saturated heterocycles. The number of piperidine rings is 1. The standard InChI is InChI=1S/C19H21FN2O3/c1-13-8-10-22(16-6-4-15(20)5-7-16)19(25)17(13)18(24)21-9-2-3-14(11-21)12-23/h4-8,10,14,23H,2-3,9,11-12H2,1H3. The first kappa shape index (κ1) is 17.4. The molecule has 1 aromatic heterocycles. The Morgan fingerprint density at radius 3 is 2.68 bits per heavy atom. The number of carbonyl (C=O) groups is 1. The number of likely N-dealkylation sites (tertiary alicyclic amines) is 1. The summed E-state index contributed by atoms with van der Waals surface area (Å²) >= 11 is 0. The number of aromatic nitrogens is 1. The SMILES string of the molecule is Cc1ccn(-c2ccc(F)cc2)c(=O)c1C(=O)N1CCCC(CO)C1. The minimum absolute atomic E-state index is 0.0391. The largest absolute Gasteiger partial charge is 0.396 e. The number of carbonyl (C=O) groups excluding carboxylic acids is 1. The van der Waals surface area contributed by atoms with E-state index in [1.165, 1.54) is 28.8 Å². The summed E-state index contributed by atoms with van der Waals surface area (Å²) in [6, 6.07) is 7.27. The van der Waals surface area contributed by atoms with E-state index in [0.717, 1.165) is 12.8 Å². The summed E-state index contributed by atoms with van der Waals surface area (Å²) in [4.78, 5) is 27.4. The predicted octanol–water partition coefficient (Wildman–Crippen LogP) is 2.13. The van der Waals surface area contributed by atoms with E-state index in [1.54, 1.807) is 24.1 Å². The van der Waals surface area contributed by atoms with Gasteiger partial charge in [0.2, 0.25) is 0 Å². The van der Waals surface area contributed by atoms with Gasteiger partial charge in [-0.05, 0) is 61.6 Å². The average molecular weight is 344 g/mol. The molecule has 1 unspecified atom stereocenters. The molecule has 6 heteroatoms. The Labute approximate surface area is 145 Å². The van der Waals surface area contributed by atoms with Gasteiger partial charge in [-0.2, -0.15) is 0 Å². The molecule has 2 aromatic rings. The second kappa shape index (κ2) is 7.19. The highest BCUT2D eigenvalue weighted by atomic mass is 19.1. The van der Waals surface area contributed by atoms with Crippen molar-refractivity contribution in [1.29, 1.82) is 0 Å². The molecule has 0 saturated carbocycles. The van der Waals surface area contributed by atoms with Crippen LogP contribution in [0.4, 0.5) is 4.39 Å². The van der Waals surface area contributed by atoms with E-state index in [9.17, 15) is 19.1 Å². The highest BCUT2D eigenvalue weighted by molar-refractivity contribution is 5.95. The lowest BCUT2D eigenvalue weighted by molar-refractivity contribution is 0.0618. The van der Waals surface area contributed by atoms with Crippen LogP contribution in [0, 0.1) is 18.7 Å². The Balaban J connectivity index is 1.98. The van der Waals surface area contributed by atoms with Gasteiger partial charge in [0, 0.05) is 31.6 Å². The third kappa shape index (κ3) is 3.49. The van der Waals surface area contributed by atoms with Crippen LogP contribution < -0.4 is 5.56 Å².